The van der Waals surface area contributed by atoms with Gasteiger partial charge in [-0.3, -0.25) is 4.79 Å². The van der Waals surface area contributed by atoms with Crippen LogP contribution in [-0.2, 0) is 4.79 Å². The summed E-state index contributed by atoms with van der Waals surface area (Å²) < 4.78 is 0. The molecule has 0 saturated heterocycles. The van der Waals surface area contributed by atoms with Crippen molar-refractivity contribution >= 4 is 12.0 Å². The van der Waals surface area contributed by atoms with Crippen LogP contribution in [0.1, 0.15) is 34.6 Å². The zero-order chi connectivity index (χ0) is 14.3. The maximum absolute atomic E-state index is 11.9. The number of carbonyl (C=O) groups is 2. The minimum Gasteiger partial charge on any atom is -0.481 e. The molecule has 5 heteroatoms. The Morgan fingerprint density at radius 2 is 1.72 bits per heavy atom. The van der Waals surface area contributed by atoms with Crippen LogP contribution in [0.25, 0.3) is 0 Å². The maximum atomic E-state index is 11.9. The van der Waals surface area contributed by atoms with Crippen LogP contribution in [0.3, 0.4) is 0 Å². The Morgan fingerprint density at radius 1 is 1.28 bits per heavy atom. The highest BCUT2D eigenvalue weighted by atomic mass is 16.4. The van der Waals surface area contributed by atoms with E-state index in [1.807, 2.05) is 0 Å². The van der Waals surface area contributed by atoms with Crippen LogP contribution in [0, 0.1) is 16.7 Å². The van der Waals surface area contributed by atoms with Crippen molar-refractivity contribution in [1.82, 2.24) is 10.2 Å². The predicted octanol–water partition coefficient (Wildman–Crippen LogP) is 1.78. The Hall–Kier alpha value is -1.26. The molecule has 0 aromatic carbocycles. The first-order valence-corrected chi connectivity index (χ1v) is 6.26. The van der Waals surface area contributed by atoms with E-state index in [0.29, 0.717) is 0 Å². The lowest BCUT2D eigenvalue weighted by molar-refractivity contribution is -0.141. The molecule has 2 N–H and O–H groups in total. The van der Waals surface area contributed by atoms with Crippen molar-refractivity contribution in [3.05, 3.63) is 0 Å². The smallest absolute Gasteiger partial charge is 0.317 e. The van der Waals surface area contributed by atoms with Gasteiger partial charge in [0, 0.05) is 19.6 Å². The zero-order valence-electron chi connectivity index (χ0n) is 12.1. The summed E-state index contributed by atoms with van der Waals surface area (Å²) in [5.41, 5.74) is 0.170. The quantitative estimate of drug-likeness (QED) is 0.805. The van der Waals surface area contributed by atoms with Crippen LogP contribution in [0.4, 0.5) is 4.79 Å². The van der Waals surface area contributed by atoms with Gasteiger partial charge in [-0.2, -0.15) is 0 Å². The third-order valence-electron chi connectivity index (χ3n) is 4.60. The van der Waals surface area contributed by atoms with Crippen LogP contribution in [0.2, 0.25) is 0 Å². The average Bonchev–Trinajstić information content (AvgIpc) is 2.60. The molecule has 104 valence electrons. The molecule has 1 unspecified atom stereocenters. The third kappa shape index (κ3) is 2.44. The van der Waals surface area contributed by atoms with Crippen molar-refractivity contribution in [2.45, 2.75) is 40.7 Å². The van der Waals surface area contributed by atoms with Gasteiger partial charge in [0.2, 0.25) is 0 Å². The van der Waals surface area contributed by atoms with E-state index in [1.165, 1.54) is 4.90 Å². The molecule has 0 aromatic heterocycles. The van der Waals surface area contributed by atoms with Crippen LogP contribution < -0.4 is 5.32 Å². The third-order valence-corrected chi connectivity index (χ3v) is 4.60. The van der Waals surface area contributed by atoms with E-state index in [2.05, 4.69) is 33.0 Å². The Morgan fingerprint density at radius 3 is 2.06 bits per heavy atom. The van der Waals surface area contributed by atoms with E-state index in [0.717, 1.165) is 0 Å². The van der Waals surface area contributed by atoms with E-state index in [9.17, 15) is 9.59 Å². The van der Waals surface area contributed by atoms with Gasteiger partial charge in [0.15, 0.2) is 0 Å². The number of hydrogen-bond acceptors (Lipinski definition) is 2. The molecular formula is C13H24N2O3. The van der Waals surface area contributed by atoms with Crippen molar-refractivity contribution in [1.29, 1.82) is 0 Å². The summed E-state index contributed by atoms with van der Waals surface area (Å²) in [6.45, 7) is 10.3. The fraction of sp³-hybridized carbons (Fsp3) is 0.846. The molecule has 0 heterocycles. The molecule has 0 spiro atoms. The van der Waals surface area contributed by atoms with Crippen LogP contribution >= 0.6 is 0 Å². The molecule has 0 radical (unpaired) electrons. The summed E-state index contributed by atoms with van der Waals surface area (Å²) >= 11 is 0. The Bertz CT molecular complexity index is 349. The minimum absolute atomic E-state index is 0.0852. The van der Waals surface area contributed by atoms with Crippen LogP contribution in [0.15, 0.2) is 0 Å². The van der Waals surface area contributed by atoms with Gasteiger partial charge in [-0.05, 0) is 10.8 Å². The number of rotatable bonds is 4. The molecule has 0 bridgehead atoms. The predicted molar refractivity (Wildman–Crippen MR) is 69.3 cm³/mol. The second-order valence-corrected chi connectivity index (χ2v) is 6.45. The van der Waals surface area contributed by atoms with Crippen molar-refractivity contribution in [3.63, 3.8) is 0 Å². The molecule has 1 saturated carbocycles. The number of carbonyl (C=O) groups excluding carboxylic acids is 1. The second kappa shape index (κ2) is 4.44. The first kappa shape index (κ1) is 14.8. The molecule has 0 aromatic rings. The van der Waals surface area contributed by atoms with E-state index in [-0.39, 0.29) is 29.4 Å². The van der Waals surface area contributed by atoms with E-state index >= 15 is 0 Å². The monoisotopic (exact) mass is 256 g/mol. The Kier molecular flexibility index (Phi) is 3.65. The fourth-order valence-corrected chi connectivity index (χ4v) is 2.36. The first-order valence-electron chi connectivity index (χ1n) is 6.26. The standard InChI is InChI=1S/C13H24N2O3/c1-8(9(16)17)7-15(6)11(18)14-10-12(2,3)13(10,4)5/h8,10H,7H2,1-6H3,(H,14,18)(H,16,17). The lowest BCUT2D eigenvalue weighted by atomic mass is 10.0. The van der Waals surface area contributed by atoms with Gasteiger partial charge in [0.1, 0.15) is 0 Å². The zero-order valence-corrected chi connectivity index (χ0v) is 12.1. The molecule has 0 aliphatic heterocycles. The van der Waals surface area contributed by atoms with Gasteiger partial charge in [0.05, 0.1) is 5.92 Å². The lowest BCUT2D eigenvalue weighted by Crippen LogP contribution is -2.43. The van der Waals surface area contributed by atoms with Gasteiger partial charge in [0.25, 0.3) is 0 Å². The van der Waals surface area contributed by atoms with E-state index in [1.54, 1.807) is 14.0 Å². The van der Waals surface area contributed by atoms with Gasteiger partial charge in [-0.15, -0.1) is 0 Å². The minimum atomic E-state index is -0.887. The molecule has 18 heavy (non-hydrogen) atoms. The normalized spacial score (nSPS) is 22.1. The number of nitrogens with zero attached hydrogens (tertiary/aromatic N) is 1. The summed E-state index contributed by atoms with van der Waals surface area (Å²) in [4.78, 5) is 24.1. The second-order valence-electron chi connectivity index (χ2n) is 6.45. The molecule has 1 fully saturated rings. The summed E-state index contributed by atoms with van der Waals surface area (Å²) in [5.74, 6) is -1.44. The number of amides is 2. The average molecular weight is 256 g/mol. The van der Waals surface area contributed by atoms with Crippen molar-refractivity contribution < 1.29 is 14.7 Å². The number of carboxylic acids is 1. The number of carboxylic acid groups (broad SMARTS) is 1. The molecule has 1 atom stereocenters. The Balaban J connectivity index is 2.50. The number of urea groups is 1. The van der Waals surface area contributed by atoms with Gasteiger partial charge >= 0.3 is 12.0 Å². The number of aliphatic carboxylic acids is 1. The largest absolute Gasteiger partial charge is 0.481 e. The summed E-state index contributed by atoms with van der Waals surface area (Å²) in [6, 6.07) is -0.0631. The Labute approximate surface area is 109 Å². The summed E-state index contributed by atoms with van der Waals surface area (Å²) in [6.07, 6.45) is 0. The highest BCUT2D eigenvalue weighted by Crippen LogP contribution is 2.62. The van der Waals surface area contributed by atoms with Crippen molar-refractivity contribution in [2.75, 3.05) is 13.6 Å². The molecular weight excluding hydrogens is 232 g/mol. The molecule has 1 aliphatic rings. The summed E-state index contributed by atoms with van der Waals surface area (Å²) in [7, 11) is 1.62. The summed E-state index contributed by atoms with van der Waals surface area (Å²) in [5, 5.41) is 11.8. The molecule has 2 amide bonds. The molecule has 1 aliphatic carbocycles. The topological polar surface area (TPSA) is 69.6 Å². The van der Waals surface area contributed by atoms with E-state index < -0.39 is 11.9 Å². The molecule has 1 rings (SSSR count). The van der Waals surface area contributed by atoms with E-state index in [4.69, 9.17) is 5.11 Å². The SMILES string of the molecule is CC(CN(C)C(=O)NC1C(C)(C)C1(C)C)C(=O)O. The highest BCUT2D eigenvalue weighted by molar-refractivity contribution is 5.76. The lowest BCUT2D eigenvalue weighted by Gasteiger charge is -2.20. The van der Waals surface area contributed by atoms with Crippen molar-refractivity contribution in [2.24, 2.45) is 16.7 Å². The number of hydrogen-bond donors (Lipinski definition) is 2. The molecule has 5 nitrogen and oxygen atoms in total. The van der Waals surface area contributed by atoms with Crippen LogP contribution in [-0.4, -0.2) is 41.6 Å². The van der Waals surface area contributed by atoms with Crippen LogP contribution in [0.5, 0.6) is 0 Å². The van der Waals surface area contributed by atoms with Gasteiger partial charge in [-0.1, -0.05) is 34.6 Å². The maximum Gasteiger partial charge on any atom is 0.317 e. The number of nitrogens with one attached hydrogen (secondary N) is 1. The highest BCUT2D eigenvalue weighted by Gasteiger charge is 2.65. The van der Waals surface area contributed by atoms with Gasteiger partial charge in [-0.25, -0.2) is 4.79 Å². The first-order chi connectivity index (χ1) is 8.01. The fourth-order valence-electron chi connectivity index (χ4n) is 2.36. The van der Waals surface area contributed by atoms with Crippen molar-refractivity contribution in [3.8, 4) is 0 Å². The van der Waals surface area contributed by atoms with Gasteiger partial charge < -0.3 is 15.3 Å².